The normalized spacial score (nSPS) is 16.4. The van der Waals surface area contributed by atoms with Gasteiger partial charge in [0, 0.05) is 39.0 Å². The molecule has 0 aromatic carbocycles. The summed E-state index contributed by atoms with van der Waals surface area (Å²) in [5.74, 6) is 0.0582. The van der Waals surface area contributed by atoms with Crippen molar-refractivity contribution in [3.05, 3.63) is 11.9 Å². The summed E-state index contributed by atoms with van der Waals surface area (Å²) in [5, 5.41) is 20.2. The van der Waals surface area contributed by atoms with E-state index in [1.54, 1.807) is 4.68 Å². The Morgan fingerprint density at radius 1 is 1.52 bits per heavy atom. The lowest BCUT2D eigenvalue weighted by atomic mass is 10.0. The van der Waals surface area contributed by atoms with Crippen LogP contribution in [-0.4, -0.2) is 70.4 Å². The number of amides is 1. The maximum absolute atomic E-state index is 11.7. The number of methoxy groups -OCH3 is 1. The molecule has 0 unspecified atom stereocenters. The van der Waals surface area contributed by atoms with Crippen molar-refractivity contribution in [3.63, 3.8) is 0 Å². The van der Waals surface area contributed by atoms with Crippen molar-refractivity contribution < 1.29 is 14.6 Å². The third-order valence-corrected chi connectivity index (χ3v) is 3.60. The zero-order valence-corrected chi connectivity index (χ0v) is 12.4. The first-order chi connectivity index (χ1) is 10.2. The molecule has 1 amide bonds. The molecule has 1 fully saturated rings. The molecule has 8 nitrogen and oxygen atoms in total. The predicted octanol–water partition coefficient (Wildman–Crippen LogP) is -1.00. The van der Waals surface area contributed by atoms with Crippen molar-refractivity contribution in [2.45, 2.75) is 32.0 Å². The molecule has 1 aromatic heterocycles. The predicted molar refractivity (Wildman–Crippen MR) is 75.4 cm³/mol. The summed E-state index contributed by atoms with van der Waals surface area (Å²) >= 11 is 0. The first-order valence-electron chi connectivity index (χ1n) is 7.23. The average molecular weight is 297 g/mol. The monoisotopic (exact) mass is 297 g/mol. The van der Waals surface area contributed by atoms with Gasteiger partial charge in [-0.05, 0) is 12.8 Å². The standard InChI is InChI=1S/C13H23N5O3/c1-21-10-13(20)17-4-2-11(3-5-17)14-8-12-9-18(6-7-19)16-15-12/h9,11,14,19H,2-8,10H2,1H3. The molecule has 1 saturated heterocycles. The lowest BCUT2D eigenvalue weighted by Gasteiger charge is -2.32. The number of nitrogens with zero attached hydrogens (tertiary/aromatic N) is 4. The Balaban J connectivity index is 1.69. The van der Waals surface area contributed by atoms with Crippen LogP contribution < -0.4 is 5.32 Å². The molecule has 118 valence electrons. The van der Waals surface area contributed by atoms with Crippen LogP contribution in [0.25, 0.3) is 0 Å². The molecule has 0 radical (unpaired) electrons. The van der Waals surface area contributed by atoms with Crippen molar-refractivity contribution >= 4 is 5.91 Å². The molecule has 0 aliphatic carbocycles. The molecule has 1 aromatic rings. The Kier molecular flexibility index (Phi) is 6.09. The SMILES string of the molecule is COCC(=O)N1CCC(NCc2cn(CCO)nn2)CC1. The molecule has 0 bridgehead atoms. The molecular weight excluding hydrogens is 274 g/mol. The van der Waals surface area contributed by atoms with E-state index in [0.717, 1.165) is 31.6 Å². The number of hydrogen-bond donors (Lipinski definition) is 2. The Bertz CT molecular complexity index is 443. The van der Waals surface area contributed by atoms with Crippen LogP contribution in [0.3, 0.4) is 0 Å². The molecule has 0 atom stereocenters. The van der Waals surface area contributed by atoms with Gasteiger partial charge in [-0.3, -0.25) is 4.79 Å². The van der Waals surface area contributed by atoms with Gasteiger partial charge in [-0.25, -0.2) is 4.68 Å². The second-order valence-electron chi connectivity index (χ2n) is 5.17. The first-order valence-corrected chi connectivity index (χ1v) is 7.23. The molecule has 2 heterocycles. The quantitative estimate of drug-likeness (QED) is 0.670. The second-order valence-corrected chi connectivity index (χ2v) is 5.17. The van der Waals surface area contributed by atoms with Crippen molar-refractivity contribution in [3.8, 4) is 0 Å². The van der Waals surface area contributed by atoms with Crippen LogP contribution in [0.4, 0.5) is 0 Å². The molecule has 0 spiro atoms. The van der Waals surface area contributed by atoms with Crippen molar-refractivity contribution in [2.24, 2.45) is 0 Å². The topological polar surface area (TPSA) is 92.5 Å². The number of carbonyl (C=O) groups is 1. The highest BCUT2D eigenvalue weighted by Gasteiger charge is 2.22. The molecule has 8 heteroatoms. The molecule has 1 aliphatic heterocycles. The third kappa shape index (κ3) is 4.76. The van der Waals surface area contributed by atoms with E-state index in [2.05, 4.69) is 15.6 Å². The van der Waals surface area contributed by atoms with Crippen LogP contribution >= 0.6 is 0 Å². The fourth-order valence-corrected chi connectivity index (χ4v) is 2.43. The lowest BCUT2D eigenvalue weighted by molar-refractivity contribution is -0.136. The number of rotatable bonds is 7. The summed E-state index contributed by atoms with van der Waals surface area (Å²) in [4.78, 5) is 13.5. The fourth-order valence-electron chi connectivity index (χ4n) is 2.43. The number of piperidine rings is 1. The maximum atomic E-state index is 11.7. The van der Waals surface area contributed by atoms with Gasteiger partial charge in [0.15, 0.2) is 0 Å². The van der Waals surface area contributed by atoms with Crippen LogP contribution in [0.2, 0.25) is 0 Å². The summed E-state index contributed by atoms with van der Waals surface area (Å²) < 4.78 is 6.50. The minimum atomic E-state index is 0.0582. The number of ether oxygens (including phenoxy) is 1. The summed E-state index contributed by atoms with van der Waals surface area (Å²) in [6.07, 6.45) is 3.70. The van der Waals surface area contributed by atoms with Gasteiger partial charge in [0.2, 0.25) is 5.91 Å². The number of carbonyl (C=O) groups excluding carboxylic acids is 1. The molecule has 1 aliphatic rings. The smallest absolute Gasteiger partial charge is 0.248 e. The second kappa shape index (κ2) is 8.06. The Morgan fingerprint density at radius 3 is 2.95 bits per heavy atom. The lowest BCUT2D eigenvalue weighted by Crippen LogP contribution is -2.45. The zero-order chi connectivity index (χ0) is 15.1. The summed E-state index contributed by atoms with van der Waals surface area (Å²) in [7, 11) is 1.54. The number of hydrogen-bond acceptors (Lipinski definition) is 6. The van der Waals surface area contributed by atoms with E-state index in [4.69, 9.17) is 9.84 Å². The molecule has 2 N–H and O–H groups in total. The van der Waals surface area contributed by atoms with Gasteiger partial charge >= 0.3 is 0 Å². The number of aromatic nitrogens is 3. The molecule has 0 saturated carbocycles. The molecule has 2 rings (SSSR count). The number of likely N-dealkylation sites (tertiary alicyclic amines) is 1. The van der Waals surface area contributed by atoms with E-state index in [9.17, 15) is 4.79 Å². The molecular formula is C13H23N5O3. The maximum Gasteiger partial charge on any atom is 0.248 e. The number of aliphatic hydroxyl groups excluding tert-OH is 1. The van der Waals surface area contributed by atoms with Gasteiger partial charge < -0.3 is 20.1 Å². The fraction of sp³-hybridized carbons (Fsp3) is 0.769. The average Bonchev–Trinajstić information content (AvgIpc) is 2.94. The summed E-state index contributed by atoms with van der Waals surface area (Å²) in [6, 6.07) is 0.389. The third-order valence-electron chi connectivity index (χ3n) is 3.60. The van der Waals surface area contributed by atoms with Gasteiger partial charge in [-0.2, -0.15) is 0 Å². The first kappa shape index (κ1) is 15.9. The van der Waals surface area contributed by atoms with Crippen LogP contribution in [0.1, 0.15) is 18.5 Å². The van der Waals surface area contributed by atoms with E-state index in [0.29, 0.717) is 19.1 Å². The van der Waals surface area contributed by atoms with Gasteiger partial charge in [0.05, 0.1) is 18.8 Å². The van der Waals surface area contributed by atoms with Crippen molar-refractivity contribution in [1.29, 1.82) is 0 Å². The Hall–Kier alpha value is -1.51. The van der Waals surface area contributed by atoms with E-state index >= 15 is 0 Å². The summed E-state index contributed by atoms with van der Waals surface area (Å²) in [6.45, 7) is 2.86. The van der Waals surface area contributed by atoms with E-state index in [-0.39, 0.29) is 19.1 Å². The van der Waals surface area contributed by atoms with Crippen LogP contribution in [0.5, 0.6) is 0 Å². The van der Waals surface area contributed by atoms with Crippen molar-refractivity contribution in [1.82, 2.24) is 25.2 Å². The number of nitrogens with one attached hydrogen (secondary N) is 1. The largest absolute Gasteiger partial charge is 0.394 e. The zero-order valence-electron chi connectivity index (χ0n) is 12.4. The highest BCUT2D eigenvalue weighted by molar-refractivity contribution is 5.77. The van der Waals surface area contributed by atoms with Crippen molar-refractivity contribution in [2.75, 3.05) is 33.4 Å². The van der Waals surface area contributed by atoms with Gasteiger partial charge in [0.1, 0.15) is 6.61 Å². The van der Waals surface area contributed by atoms with Crippen LogP contribution in [0.15, 0.2) is 6.20 Å². The van der Waals surface area contributed by atoms with Crippen LogP contribution in [-0.2, 0) is 22.6 Å². The number of aliphatic hydroxyl groups is 1. The Morgan fingerprint density at radius 2 is 2.29 bits per heavy atom. The van der Waals surface area contributed by atoms with Gasteiger partial charge in [-0.15, -0.1) is 5.10 Å². The van der Waals surface area contributed by atoms with Crippen LogP contribution in [0, 0.1) is 0 Å². The summed E-state index contributed by atoms with van der Waals surface area (Å²) in [5.41, 5.74) is 0.862. The highest BCUT2D eigenvalue weighted by Crippen LogP contribution is 2.11. The minimum Gasteiger partial charge on any atom is -0.394 e. The van der Waals surface area contributed by atoms with Gasteiger partial charge in [-0.1, -0.05) is 5.21 Å². The van der Waals surface area contributed by atoms with E-state index in [1.165, 1.54) is 7.11 Å². The molecule has 21 heavy (non-hydrogen) atoms. The Labute approximate surface area is 124 Å². The highest BCUT2D eigenvalue weighted by atomic mass is 16.5. The van der Waals surface area contributed by atoms with Gasteiger partial charge in [0.25, 0.3) is 0 Å². The minimum absolute atomic E-state index is 0.0582. The van der Waals surface area contributed by atoms with E-state index < -0.39 is 0 Å². The van der Waals surface area contributed by atoms with E-state index in [1.807, 2.05) is 11.1 Å².